The fourth-order valence-corrected chi connectivity index (χ4v) is 4.82. The largest absolute Gasteiger partial charge is 0.282 e. The van der Waals surface area contributed by atoms with Gasteiger partial charge in [-0.25, -0.2) is 4.98 Å². The lowest BCUT2D eigenvalue weighted by Gasteiger charge is -2.16. The molecule has 0 radical (unpaired) electrons. The predicted octanol–water partition coefficient (Wildman–Crippen LogP) is 4.79. The summed E-state index contributed by atoms with van der Waals surface area (Å²) in [6.45, 7) is 4.75. The van der Waals surface area contributed by atoms with Gasteiger partial charge in [0.05, 0.1) is 22.3 Å². The Morgan fingerprint density at radius 3 is 2.59 bits per heavy atom. The summed E-state index contributed by atoms with van der Waals surface area (Å²) in [6.07, 6.45) is 2.11. The van der Waals surface area contributed by atoms with Crippen LogP contribution in [0.5, 0.6) is 0 Å². The van der Waals surface area contributed by atoms with Crippen molar-refractivity contribution in [2.45, 2.75) is 44.2 Å². The molecule has 0 spiro atoms. The van der Waals surface area contributed by atoms with Gasteiger partial charge in [-0.05, 0) is 54.7 Å². The van der Waals surface area contributed by atoms with Crippen molar-refractivity contribution in [3.05, 3.63) is 63.4 Å². The van der Waals surface area contributed by atoms with Crippen LogP contribution in [-0.4, -0.2) is 38.6 Å². The van der Waals surface area contributed by atoms with Gasteiger partial charge in [0.15, 0.2) is 5.16 Å². The third-order valence-corrected chi connectivity index (χ3v) is 6.99. The van der Waals surface area contributed by atoms with Gasteiger partial charge in [-0.1, -0.05) is 49.3 Å². The van der Waals surface area contributed by atoms with Crippen LogP contribution in [0.1, 0.15) is 44.6 Å². The quantitative estimate of drug-likeness (QED) is 0.383. The number of rotatable bonds is 6. The highest BCUT2D eigenvalue weighted by Crippen LogP contribution is 2.26. The number of aromatic nitrogens is 2. The van der Waals surface area contributed by atoms with Crippen LogP contribution in [-0.2, 0) is 9.59 Å². The van der Waals surface area contributed by atoms with Crippen molar-refractivity contribution >= 4 is 46.1 Å². The highest BCUT2D eigenvalue weighted by molar-refractivity contribution is 7.99. The maximum atomic E-state index is 13.4. The van der Waals surface area contributed by atoms with Crippen LogP contribution in [0.4, 0.5) is 0 Å². The summed E-state index contributed by atoms with van der Waals surface area (Å²) in [6, 6.07) is 12.8. The molecule has 1 aliphatic rings. The summed E-state index contributed by atoms with van der Waals surface area (Å²) >= 11 is 7.27. The van der Waals surface area contributed by atoms with E-state index >= 15 is 0 Å². The maximum absolute atomic E-state index is 13.4. The number of hydrogen-bond donors (Lipinski definition) is 0. The van der Waals surface area contributed by atoms with Crippen LogP contribution in [0.25, 0.3) is 16.6 Å². The molecule has 166 valence electrons. The number of imide groups is 1. The van der Waals surface area contributed by atoms with Gasteiger partial charge >= 0.3 is 0 Å². The average molecular weight is 470 g/mol. The molecule has 0 bridgehead atoms. The van der Waals surface area contributed by atoms with E-state index in [1.54, 1.807) is 18.2 Å². The second kappa shape index (κ2) is 9.46. The highest BCUT2D eigenvalue weighted by Gasteiger charge is 2.27. The van der Waals surface area contributed by atoms with Crippen LogP contribution >= 0.6 is 23.4 Å². The molecule has 2 amide bonds. The number of halogens is 1. The summed E-state index contributed by atoms with van der Waals surface area (Å²) < 4.78 is 1.53. The molecule has 0 N–H and O–H groups in total. The highest BCUT2D eigenvalue weighted by atomic mass is 35.5. The van der Waals surface area contributed by atoms with Crippen molar-refractivity contribution in [1.82, 2.24) is 14.5 Å². The summed E-state index contributed by atoms with van der Waals surface area (Å²) in [5, 5.41) is 1.32. The van der Waals surface area contributed by atoms with E-state index in [2.05, 4.69) is 18.8 Å². The molecule has 3 aromatic rings. The number of fused-ring (bicyclic) bond motifs is 1. The second-order valence-electron chi connectivity index (χ2n) is 7.93. The van der Waals surface area contributed by atoms with Gasteiger partial charge in [0.25, 0.3) is 5.56 Å². The predicted molar refractivity (Wildman–Crippen MR) is 128 cm³/mol. The molecular formula is C24H24ClN3O3S. The summed E-state index contributed by atoms with van der Waals surface area (Å²) in [4.78, 5) is 43.8. The van der Waals surface area contributed by atoms with Gasteiger partial charge < -0.3 is 0 Å². The van der Waals surface area contributed by atoms with Crippen LogP contribution in [0, 0.1) is 0 Å². The van der Waals surface area contributed by atoms with Crippen molar-refractivity contribution in [3.63, 3.8) is 0 Å². The zero-order valence-electron chi connectivity index (χ0n) is 18.0. The number of likely N-dealkylation sites (tertiary alicyclic amines) is 1. The molecule has 1 saturated heterocycles. The van der Waals surface area contributed by atoms with Gasteiger partial charge in [0, 0.05) is 18.0 Å². The van der Waals surface area contributed by atoms with Crippen molar-refractivity contribution in [2.75, 3.05) is 12.3 Å². The van der Waals surface area contributed by atoms with Crippen molar-refractivity contribution < 1.29 is 9.59 Å². The smallest absolute Gasteiger partial charge is 0.266 e. The standard InChI is InChI=1S/C24H24ClN3O3S/c1-3-15(2)16-6-9-18(10-7-16)28-23(31)19-11-8-17(25)13-20(19)26-24(28)32-14-22(30)27-12-4-5-21(27)29/h6-11,13,15H,3-5,12,14H2,1-2H3. The van der Waals surface area contributed by atoms with E-state index in [1.165, 1.54) is 15.0 Å². The molecule has 1 atom stereocenters. The van der Waals surface area contributed by atoms with Gasteiger partial charge in [-0.3, -0.25) is 23.9 Å². The zero-order chi connectivity index (χ0) is 22.8. The first-order valence-corrected chi connectivity index (χ1v) is 12.0. The van der Waals surface area contributed by atoms with E-state index in [4.69, 9.17) is 11.6 Å². The minimum atomic E-state index is -0.267. The number of benzene rings is 2. The van der Waals surface area contributed by atoms with Crippen molar-refractivity contribution in [1.29, 1.82) is 0 Å². The molecule has 2 aromatic carbocycles. The lowest BCUT2D eigenvalue weighted by Crippen LogP contribution is -2.33. The molecule has 1 fully saturated rings. The molecule has 2 heterocycles. The van der Waals surface area contributed by atoms with E-state index in [0.717, 1.165) is 18.2 Å². The van der Waals surface area contributed by atoms with Gasteiger partial charge in [0.2, 0.25) is 11.8 Å². The molecule has 0 aliphatic carbocycles. The normalized spacial score (nSPS) is 14.8. The molecule has 4 rings (SSSR count). The Morgan fingerprint density at radius 1 is 1.19 bits per heavy atom. The van der Waals surface area contributed by atoms with Crippen molar-refractivity contribution in [3.8, 4) is 5.69 Å². The molecule has 1 aromatic heterocycles. The van der Waals surface area contributed by atoms with E-state index in [1.807, 2.05) is 24.3 Å². The Kier molecular flexibility index (Phi) is 6.67. The van der Waals surface area contributed by atoms with Crippen LogP contribution in [0.15, 0.2) is 52.4 Å². The first kappa shape index (κ1) is 22.6. The van der Waals surface area contributed by atoms with Crippen LogP contribution in [0.2, 0.25) is 5.02 Å². The topological polar surface area (TPSA) is 72.3 Å². The second-order valence-corrected chi connectivity index (χ2v) is 9.31. The van der Waals surface area contributed by atoms with Gasteiger partial charge in [0.1, 0.15) is 0 Å². The SMILES string of the molecule is CCC(C)c1ccc(-n2c(SCC(=O)N3CCCC3=O)nc3cc(Cl)ccc3c2=O)cc1. The minimum Gasteiger partial charge on any atom is -0.282 e. The fraction of sp³-hybridized carbons (Fsp3) is 0.333. The van der Waals surface area contributed by atoms with Gasteiger partial charge in [-0.15, -0.1) is 0 Å². The first-order valence-electron chi connectivity index (χ1n) is 10.7. The molecule has 8 heteroatoms. The number of nitrogens with zero attached hydrogens (tertiary/aromatic N) is 3. The monoisotopic (exact) mass is 469 g/mol. The average Bonchev–Trinajstić information content (AvgIpc) is 3.23. The molecule has 32 heavy (non-hydrogen) atoms. The van der Waals surface area contributed by atoms with E-state index < -0.39 is 0 Å². The lowest BCUT2D eigenvalue weighted by molar-refractivity contribution is -0.140. The number of carbonyl (C=O) groups excluding carboxylic acids is 2. The summed E-state index contributed by atoms with van der Waals surface area (Å²) in [5.41, 5.74) is 2.12. The molecule has 0 saturated carbocycles. The maximum Gasteiger partial charge on any atom is 0.266 e. The first-order chi connectivity index (χ1) is 15.4. The number of hydrogen-bond acceptors (Lipinski definition) is 5. The Hall–Kier alpha value is -2.64. The van der Waals surface area contributed by atoms with E-state index in [9.17, 15) is 14.4 Å². The lowest BCUT2D eigenvalue weighted by atomic mass is 9.98. The third kappa shape index (κ3) is 4.45. The summed E-state index contributed by atoms with van der Waals surface area (Å²) in [5.74, 6) is 0.0282. The molecule has 6 nitrogen and oxygen atoms in total. The summed E-state index contributed by atoms with van der Waals surface area (Å²) in [7, 11) is 0. The Labute approximate surface area is 195 Å². The fourth-order valence-electron chi connectivity index (χ4n) is 3.77. The zero-order valence-corrected chi connectivity index (χ0v) is 19.6. The molecule has 1 unspecified atom stereocenters. The van der Waals surface area contributed by atoms with Crippen LogP contribution < -0.4 is 5.56 Å². The Balaban J connectivity index is 1.75. The van der Waals surface area contributed by atoms with E-state index in [0.29, 0.717) is 52.1 Å². The number of thioether (sulfide) groups is 1. The molecular weight excluding hydrogens is 446 g/mol. The number of amides is 2. The van der Waals surface area contributed by atoms with E-state index in [-0.39, 0.29) is 23.1 Å². The Morgan fingerprint density at radius 2 is 1.94 bits per heavy atom. The minimum absolute atomic E-state index is 0.0230. The molecule has 1 aliphatic heterocycles. The number of carbonyl (C=O) groups is 2. The Bertz CT molecular complexity index is 1240. The van der Waals surface area contributed by atoms with Crippen molar-refractivity contribution in [2.24, 2.45) is 0 Å². The third-order valence-electron chi connectivity index (χ3n) is 5.83. The van der Waals surface area contributed by atoms with Crippen LogP contribution in [0.3, 0.4) is 0 Å². The van der Waals surface area contributed by atoms with Gasteiger partial charge in [-0.2, -0.15) is 0 Å².